The van der Waals surface area contributed by atoms with E-state index in [1.165, 1.54) is 11.0 Å². The van der Waals surface area contributed by atoms with E-state index in [9.17, 15) is 13.6 Å². The molecule has 2 N–H and O–H groups in total. The van der Waals surface area contributed by atoms with Crippen LogP contribution < -0.4 is 20.1 Å². The van der Waals surface area contributed by atoms with E-state index in [-0.39, 0.29) is 60.2 Å². The molecule has 0 bridgehead atoms. The fourth-order valence-electron chi connectivity index (χ4n) is 4.20. The number of aromatic nitrogens is 6. The molecule has 1 aliphatic heterocycles. The Labute approximate surface area is 219 Å². The Morgan fingerprint density at radius 1 is 1.15 bits per heavy atom. The molecule has 0 atom stereocenters. The van der Waals surface area contributed by atoms with Crippen molar-refractivity contribution in [2.24, 2.45) is 0 Å². The summed E-state index contributed by atoms with van der Waals surface area (Å²) in [5.74, 6) is -0.547. The van der Waals surface area contributed by atoms with Gasteiger partial charge in [0.15, 0.2) is 24.1 Å². The zero-order chi connectivity index (χ0) is 26.9. The van der Waals surface area contributed by atoms with Crippen molar-refractivity contribution in [2.45, 2.75) is 13.5 Å². The van der Waals surface area contributed by atoms with E-state index in [2.05, 4.69) is 35.7 Å². The zero-order valence-electron chi connectivity index (χ0n) is 20.5. The number of rotatable bonds is 7. The fourth-order valence-corrected chi connectivity index (χ4v) is 4.20. The second-order valence-corrected chi connectivity index (χ2v) is 8.45. The average Bonchev–Trinajstić information content (AvgIpc) is 3.30. The molecule has 11 nitrogen and oxygen atoms in total. The second kappa shape index (κ2) is 9.93. The van der Waals surface area contributed by atoms with E-state index in [4.69, 9.17) is 9.47 Å². The van der Waals surface area contributed by atoms with Crippen LogP contribution in [0, 0.1) is 11.6 Å². The molecule has 39 heavy (non-hydrogen) atoms. The van der Waals surface area contributed by atoms with Gasteiger partial charge in [-0.1, -0.05) is 18.2 Å². The number of para-hydroxylation sites is 1. The minimum absolute atomic E-state index is 0.109. The van der Waals surface area contributed by atoms with Gasteiger partial charge in [-0.2, -0.15) is 5.10 Å². The number of halogens is 2. The maximum absolute atomic E-state index is 14.9. The lowest BCUT2D eigenvalue weighted by Gasteiger charge is -2.20. The Morgan fingerprint density at radius 2 is 1.97 bits per heavy atom. The number of anilines is 3. The normalized spacial score (nSPS) is 12.5. The molecule has 0 saturated carbocycles. The molecule has 4 heterocycles. The van der Waals surface area contributed by atoms with Gasteiger partial charge in [0.25, 0.3) is 5.91 Å². The van der Waals surface area contributed by atoms with Crippen molar-refractivity contribution in [3.63, 3.8) is 0 Å². The zero-order valence-corrected chi connectivity index (χ0v) is 20.5. The van der Waals surface area contributed by atoms with Gasteiger partial charge in [-0.05, 0) is 19.1 Å². The van der Waals surface area contributed by atoms with Crippen LogP contribution in [0.25, 0.3) is 22.4 Å². The molecule has 0 saturated heterocycles. The summed E-state index contributed by atoms with van der Waals surface area (Å²) in [6.45, 7) is 1.62. The number of amides is 1. The lowest BCUT2D eigenvalue weighted by molar-refractivity contribution is -0.118. The van der Waals surface area contributed by atoms with Crippen LogP contribution in [0.5, 0.6) is 11.5 Å². The molecule has 5 aromatic rings. The summed E-state index contributed by atoms with van der Waals surface area (Å²) in [5.41, 5.74) is 0.772. The van der Waals surface area contributed by atoms with E-state index < -0.39 is 11.6 Å². The SMILES string of the molecule is CCOc1cc(F)c(Cn2nc(-c3nc4c(c(Nc5ccncn5)n3)OCC(=O)N4)c3ccccc32)c(F)c1. The van der Waals surface area contributed by atoms with Gasteiger partial charge >= 0.3 is 0 Å². The largest absolute Gasteiger partial charge is 0.494 e. The van der Waals surface area contributed by atoms with E-state index in [1.54, 1.807) is 43.5 Å². The predicted molar refractivity (Wildman–Crippen MR) is 137 cm³/mol. The van der Waals surface area contributed by atoms with Crippen LogP contribution >= 0.6 is 0 Å². The molecule has 3 aromatic heterocycles. The summed E-state index contributed by atoms with van der Waals surface area (Å²) in [6, 6.07) is 11.1. The monoisotopic (exact) mass is 530 g/mol. The van der Waals surface area contributed by atoms with Crippen LogP contribution in [0.15, 0.2) is 55.0 Å². The number of hydrogen-bond acceptors (Lipinski definition) is 9. The Kier molecular flexibility index (Phi) is 6.15. The number of carbonyl (C=O) groups is 1. The number of ether oxygens (including phenoxy) is 2. The van der Waals surface area contributed by atoms with Crippen molar-refractivity contribution in [1.29, 1.82) is 0 Å². The lowest BCUT2D eigenvalue weighted by atomic mass is 10.1. The van der Waals surface area contributed by atoms with Crippen molar-refractivity contribution in [1.82, 2.24) is 29.7 Å². The van der Waals surface area contributed by atoms with E-state index in [0.29, 0.717) is 22.4 Å². The Bertz CT molecular complexity index is 1690. The van der Waals surface area contributed by atoms with Crippen molar-refractivity contribution in [3.05, 3.63) is 72.2 Å². The van der Waals surface area contributed by atoms with E-state index >= 15 is 0 Å². The summed E-state index contributed by atoms with van der Waals surface area (Å²) in [6.07, 6.45) is 2.93. The van der Waals surface area contributed by atoms with Gasteiger partial charge in [0.1, 0.15) is 35.2 Å². The third kappa shape index (κ3) is 4.65. The van der Waals surface area contributed by atoms with Gasteiger partial charge in [-0.15, -0.1) is 0 Å². The van der Waals surface area contributed by atoms with Crippen LogP contribution in [-0.4, -0.2) is 48.8 Å². The van der Waals surface area contributed by atoms with Crippen molar-refractivity contribution < 1.29 is 23.0 Å². The highest BCUT2D eigenvalue weighted by Gasteiger charge is 2.26. The number of hydrogen-bond donors (Lipinski definition) is 2. The standard InChI is InChI=1S/C26H20F2N8O3/c1-2-38-14-9-17(27)16(18(28)10-14)11-36-19-6-4-3-5-15(19)22(35-36)24-33-25(31-20-7-8-29-13-30-20)23-26(34-24)32-21(37)12-39-23/h3-10,13H,2,11-12H2,1H3,(H2,29,30,31,32,33,34,37). The van der Waals surface area contributed by atoms with Crippen molar-refractivity contribution >= 4 is 34.3 Å². The molecule has 0 unspecified atom stereocenters. The highest BCUT2D eigenvalue weighted by molar-refractivity contribution is 5.97. The second-order valence-electron chi connectivity index (χ2n) is 8.45. The fraction of sp³-hybridized carbons (Fsp3) is 0.154. The number of fused-ring (bicyclic) bond motifs is 2. The highest BCUT2D eigenvalue weighted by Crippen LogP contribution is 2.37. The summed E-state index contributed by atoms with van der Waals surface area (Å²) in [5, 5.41) is 11.0. The van der Waals surface area contributed by atoms with Gasteiger partial charge in [0.05, 0.1) is 18.7 Å². The number of nitrogens with one attached hydrogen (secondary N) is 2. The van der Waals surface area contributed by atoms with E-state index in [0.717, 1.165) is 12.1 Å². The first-order chi connectivity index (χ1) is 19.0. The summed E-state index contributed by atoms with van der Waals surface area (Å²) >= 11 is 0. The first-order valence-corrected chi connectivity index (χ1v) is 11.9. The van der Waals surface area contributed by atoms with Crippen LogP contribution in [0.2, 0.25) is 0 Å². The molecule has 13 heteroatoms. The predicted octanol–water partition coefficient (Wildman–Crippen LogP) is 4.08. The van der Waals surface area contributed by atoms with Gasteiger partial charge in [-0.25, -0.2) is 28.7 Å². The lowest BCUT2D eigenvalue weighted by Crippen LogP contribution is -2.27. The molecule has 0 spiro atoms. The third-order valence-corrected chi connectivity index (χ3v) is 5.90. The minimum Gasteiger partial charge on any atom is -0.494 e. The first kappa shape index (κ1) is 24.2. The quantitative estimate of drug-likeness (QED) is 0.320. The molecule has 6 rings (SSSR count). The van der Waals surface area contributed by atoms with Crippen LogP contribution in [0.1, 0.15) is 12.5 Å². The molecular formula is C26H20F2N8O3. The molecule has 2 aromatic carbocycles. The Morgan fingerprint density at radius 3 is 2.74 bits per heavy atom. The number of nitrogens with zero attached hydrogens (tertiary/aromatic N) is 6. The van der Waals surface area contributed by atoms with Crippen molar-refractivity contribution in [3.8, 4) is 23.0 Å². The smallest absolute Gasteiger partial charge is 0.263 e. The van der Waals surface area contributed by atoms with Gasteiger partial charge in [0, 0.05) is 29.3 Å². The first-order valence-electron chi connectivity index (χ1n) is 11.9. The molecule has 1 amide bonds. The molecule has 0 fully saturated rings. The van der Waals surface area contributed by atoms with Gasteiger partial charge in [-0.3, -0.25) is 9.48 Å². The molecule has 1 aliphatic rings. The number of carbonyl (C=O) groups excluding carboxylic acids is 1. The van der Waals surface area contributed by atoms with Crippen LogP contribution in [-0.2, 0) is 11.3 Å². The van der Waals surface area contributed by atoms with Gasteiger partial charge in [0.2, 0.25) is 5.75 Å². The third-order valence-electron chi connectivity index (χ3n) is 5.90. The summed E-state index contributed by atoms with van der Waals surface area (Å²) < 4.78 is 42.1. The average molecular weight is 530 g/mol. The highest BCUT2D eigenvalue weighted by atomic mass is 19.1. The van der Waals surface area contributed by atoms with Crippen LogP contribution in [0.4, 0.5) is 26.2 Å². The van der Waals surface area contributed by atoms with E-state index in [1.807, 2.05) is 0 Å². The Hall–Kier alpha value is -5.20. The topological polar surface area (TPSA) is 129 Å². The molecule has 196 valence electrons. The minimum atomic E-state index is -0.749. The maximum atomic E-state index is 14.9. The maximum Gasteiger partial charge on any atom is 0.263 e. The molecular weight excluding hydrogens is 510 g/mol. The number of benzene rings is 2. The summed E-state index contributed by atoms with van der Waals surface area (Å²) in [7, 11) is 0. The molecule has 0 aliphatic carbocycles. The Balaban J connectivity index is 1.46. The molecule has 0 radical (unpaired) electrons. The van der Waals surface area contributed by atoms with Crippen molar-refractivity contribution in [2.75, 3.05) is 23.8 Å². The van der Waals surface area contributed by atoms with Gasteiger partial charge < -0.3 is 20.1 Å². The van der Waals surface area contributed by atoms with Crippen LogP contribution in [0.3, 0.4) is 0 Å². The summed E-state index contributed by atoms with van der Waals surface area (Å²) in [4.78, 5) is 29.2.